The maximum absolute atomic E-state index is 5.95. The number of rotatable bonds is 3. The monoisotopic (exact) mass is 315 g/mol. The van der Waals surface area contributed by atoms with Crippen molar-refractivity contribution >= 4 is 26.9 Å². The standard InChI is InChI=1S/C16H14BrNO/c1-18-16(12-7-3-4-8-13(12)17)15-10-11-6-2-5-9-14(11)19-15/h2-10,16,18H,1H3. The summed E-state index contributed by atoms with van der Waals surface area (Å²) in [5, 5.41) is 4.44. The molecule has 1 aromatic heterocycles. The van der Waals surface area contributed by atoms with Crippen molar-refractivity contribution < 1.29 is 4.42 Å². The summed E-state index contributed by atoms with van der Waals surface area (Å²) in [4.78, 5) is 0. The van der Waals surface area contributed by atoms with E-state index in [9.17, 15) is 0 Å². The molecule has 0 aliphatic rings. The molecule has 0 amide bonds. The Kier molecular flexibility index (Phi) is 3.40. The molecule has 1 N–H and O–H groups in total. The third kappa shape index (κ3) is 2.31. The number of nitrogens with one attached hydrogen (secondary N) is 1. The summed E-state index contributed by atoms with van der Waals surface area (Å²) in [6.07, 6.45) is 0. The molecule has 0 fully saturated rings. The molecule has 3 aromatic rings. The molecule has 19 heavy (non-hydrogen) atoms. The van der Waals surface area contributed by atoms with Gasteiger partial charge < -0.3 is 9.73 Å². The number of benzene rings is 2. The molecule has 0 aliphatic carbocycles. The molecule has 0 saturated heterocycles. The van der Waals surface area contributed by atoms with Crippen LogP contribution in [-0.4, -0.2) is 7.05 Å². The van der Waals surface area contributed by atoms with E-state index in [2.05, 4.69) is 39.4 Å². The van der Waals surface area contributed by atoms with E-state index < -0.39 is 0 Å². The Morgan fingerprint density at radius 1 is 1.05 bits per heavy atom. The fourth-order valence-corrected chi connectivity index (χ4v) is 2.82. The minimum atomic E-state index is 0.0444. The highest BCUT2D eigenvalue weighted by Gasteiger charge is 2.18. The Hall–Kier alpha value is -1.58. The maximum Gasteiger partial charge on any atom is 0.134 e. The van der Waals surface area contributed by atoms with Crippen molar-refractivity contribution in [2.45, 2.75) is 6.04 Å². The van der Waals surface area contributed by atoms with Crippen LogP contribution in [0.25, 0.3) is 11.0 Å². The normalized spacial score (nSPS) is 12.7. The van der Waals surface area contributed by atoms with E-state index in [-0.39, 0.29) is 6.04 Å². The molecule has 0 radical (unpaired) electrons. The second-order valence-corrected chi connectivity index (χ2v) is 5.28. The van der Waals surface area contributed by atoms with Gasteiger partial charge in [-0.1, -0.05) is 52.3 Å². The molecule has 1 heterocycles. The van der Waals surface area contributed by atoms with Crippen molar-refractivity contribution in [3.63, 3.8) is 0 Å². The Bertz CT molecular complexity index is 672. The van der Waals surface area contributed by atoms with Gasteiger partial charge in [-0.05, 0) is 30.8 Å². The largest absolute Gasteiger partial charge is 0.459 e. The molecule has 1 atom stereocenters. The fourth-order valence-electron chi connectivity index (χ4n) is 2.30. The topological polar surface area (TPSA) is 25.2 Å². The van der Waals surface area contributed by atoms with E-state index in [4.69, 9.17) is 4.42 Å². The predicted octanol–water partition coefficient (Wildman–Crippen LogP) is 4.50. The van der Waals surface area contributed by atoms with E-state index >= 15 is 0 Å². The Balaban J connectivity index is 2.09. The van der Waals surface area contributed by atoms with Crippen molar-refractivity contribution in [1.29, 1.82) is 0 Å². The number of hydrogen-bond acceptors (Lipinski definition) is 2. The summed E-state index contributed by atoms with van der Waals surface area (Å²) in [7, 11) is 1.94. The lowest BCUT2D eigenvalue weighted by molar-refractivity contribution is 0.491. The van der Waals surface area contributed by atoms with E-state index in [1.54, 1.807) is 0 Å². The lowest BCUT2D eigenvalue weighted by Gasteiger charge is -2.15. The summed E-state index contributed by atoms with van der Waals surface area (Å²) in [6, 6.07) is 18.4. The first-order valence-electron chi connectivity index (χ1n) is 6.20. The molecule has 2 nitrogen and oxygen atoms in total. The van der Waals surface area contributed by atoms with Crippen molar-refractivity contribution in [1.82, 2.24) is 5.32 Å². The van der Waals surface area contributed by atoms with Crippen molar-refractivity contribution in [3.05, 3.63) is 70.4 Å². The zero-order valence-electron chi connectivity index (χ0n) is 10.6. The number of fused-ring (bicyclic) bond motifs is 1. The van der Waals surface area contributed by atoms with Gasteiger partial charge in [0.15, 0.2) is 0 Å². The summed E-state index contributed by atoms with van der Waals surface area (Å²) >= 11 is 3.60. The third-order valence-corrected chi connectivity index (χ3v) is 3.96. The highest BCUT2D eigenvalue weighted by atomic mass is 79.9. The molecular formula is C16H14BrNO. The Morgan fingerprint density at radius 2 is 1.79 bits per heavy atom. The van der Waals surface area contributed by atoms with Crippen LogP contribution >= 0.6 is 15.9 Å². The van der Waals surface area contributed by atoms with Gasteiger partial charge in [-0.25, -0.2) is 0 Å². The van der Waals surface area contributed by atoms with Crippen LogP contribution in [0.3, 0.4) is 0 Å². The van der Waals surface area contributed by atoms with Crippen LogP contribution in [0.5, 0.6) is 0 Å². The molecule has 0 bridgehead atoms. The minimum Gasteiger partial charge on any atom is -0.459 e. The number of para-hydroxylation sites is 1. The van der Waals surface area contributed by atoms with Crippen molar-refractivity contribution in [2.24, 2.45) is 0 Å². The van der Waals surface area contributed by atoms with Crippen LogP contribution in [0, 0.1) is 0 Å². The average Bonchev–Trinajstić information content (AvgIpc) is 2.85. The van der Waals surface area contributed by atoms with Crippen LogP contribution in [0.4, 0.5) is 0 Å². The third-order valence-electron chi connectivity index (χ3n) is 3.23. The van der Waals surface area contributed by atoms with Gasteiger partial charge in [-0.2, -0.15) is 0 Å². The first kappa shape index (κ1) is 12.5. The summed E-state index contributed by atoms with van der Waals surface area (Å²) in [5.74, 6) is 0.926. The maximum atomic E-state index is 5.95. The lowest BCUT2D eigenvalue weighted by Crippen LogP contribution is -2.17. The van der Waals surface area contributed by atoms with Gasteiger partial charge >= 0.3 is 0 Å². The highest BCUT2D eigenvalue weighted by molar-refractivity contribution is 9.10. The smallest absolute Gasteiger partial charge is 0.134 e. The van der Waals surface area contributed by atoms with Crippen LogP contribution in [-0.2, 0) is 0 Å². The quantitative estimate of drug-likeness (QED) is 0.769. The molecule has 3 heteroatoms. The van der Waals surface area contributed by atoms with E-state index in [1.807, 2.05) is 43.4 Å². The van der Waals surface area contributed by atoms with Crippen LogP contribution in [0.1, 0.15) is 17.4 Å². The molecular weight excluding hydrogens is 302 g/mol. The molecule has 0 saturated carbocycles. The predicted molar refractivity (Wildman–Crippen MR) is 81.3 cm³/mol. The molecule has 1 unspecified atom stereocenters. The SMILES string of the molecule is CNC(c1cc2ccccc2o1)c1ccccc1Br. The molecule has 0 spiro atoms. The van der Waals surface area contributed by atoms with Gasteiger partial charge in [-0.3, -0.25) is 0 Å². The van der Waals surface area contributed by atoms with Gasteiger partial charge in [0.2, 0.25) is 0 Å². The second kappa shape index (κ2) is 5.19. The Labute approximate surface area is 120 Å². The van der Waals surface area contributed by atoms with Crippen LogP contribution < -0.4 is 5.32 Å². The average molecular weight is 316 g/mol. The summed E-state index contributed by atoms with van der Waals surface area (Å²) in [6.45, 7) is 0. The minimum absolute atomic E-state index is 0.0444. The van der Waals surface area contributed by atoms with Gasteiger partial charge in [-0.15, -0.1) is 0 Å². The van der Waals surface area contributed by atoms with Gasteiger partial charge in [0.25, 0.3) is 0 Å². The van der Waals surface area contributed by atoms with Crippen LogP contribution in [0.15, 0.2) is 63.5 Å². The second-order valence-electron chi connectivity index (χ2n) is 4.43. The van der Waals surface area contributed by atoms with Gasteiger partial charge in [0, 0.05) is 9.86 Å². The van der Waals surface area contributed by atoms with Gasteiger partial charge in [0.1, 0.15) is 11.3 Å². The van der Waals surface area contributed by atoms with Crippen molar-refractivity contribution in [3.8, 4) is 0 Å². The van der Waals surface area contributed by atoms with Crippen molar-refractivity contribution in [2.75, 3.05) is 7.05 Å². The first-order chi connectivity index (χ1) is 9.29. The molecule has 3 rings (SSSR count). The molecule has 0 aliphatic heterocycles. The number of halogens is 1. The Morgan fingerprint density at radius 3 is 2.53 bits per heavy atom. The van der Waals surface area contributed by atoms with E-state index in [1.165, 1.54) is 5.56 Å². The number of furan rings is 1. The van der Waals surface area contributed by atoms with Gasteiger partial charge in [0.05, 0.1) is 6.04 Å². The fraction of sp³-hybridized carbons (Fsp3) is 0.125. The zero-order chi connectivity index (χ0) is 13.2. The van der Waals surface area contributed by atoms with Crippen LogP contribution in [0.2, 0.25) is 0 Å². The van der Waals surface area contributed by atoms with E-state index in [0.717, 1.165) is 21.2 Å². The summed E-state index contributed by atoms with van der Waals surface area (Å²) in [5.41, 5.74) is 2.09. The molecule has 2 aromatic carbocycles. The highest BCUT2D eigenvalue weighted by Crippen LogP contribution is 2.31. The van der Waals surface area contributed by atoms with E-state index in [0.29, 0.717) is 0 Å². The zero-order valence-corrected chi connectivity index (χ0v) is 12.1. The number of hydrogen-bond donors (Lipinski definition) is 1. The lowest BCUT2D eigenvalue weighted by atomic mass is 10.0. The summed E-state index contributed by atoms with van der Waals surface area (Å²) < 4.78 is 7.03. The molecule has 96 valence electrons. The first-order valence-corrected chi connectivity index (χ1v) is 6.99.